The summed E-state index contributed by atoms with van der Waals surface area (Å²) < 4.78 is 8.69. The van der Waals surface area contributed by atoms with Gasteiger partial charge in [-0.15, -0.1) is 0 Å². The highest BCUT2D eigenvalue weighted by atomic mass is 32.1. The van der Waals surface area contributed by atoms with Crippen LogP contribution in [0.25, 0.3) is 11.0 Å². The zero-order valence-corrected chi connectivity index (χ0v) is 13.8. The highest BCUT2D eigenvalue weighted by molar-refractivity contribution is 7.00. The Balaban J connectivity index is 1.44. The molecule has 2 aromatic heterocycles. The molecule has 8 nitrogen and oxygen atoms in total. The standard InChI is InChI=1S/C15H17N7OS/c16-15-17-12(8-13(23)18-15)22-6-4-21(5-7-22)9-10-2-1-3-11-14(10)20-24-19-11/h1-3,8H,4-7,9H2,(H3,16,17,18,23). The third-order valence-corrected chi connectivity index (χ3v) is 4.75. The molecule has 0 bridgehead atoms. The number of fused-ring (bicyclic) bond motifs is 1. The lowest BCUT2D eigenvalue weighted by molar-refractivity contribution is 0.250. The topological polar surface area (TPSA) is 104 Å². The quantitative estimate of drug-likeness (QED) is 0.720. The number of hydrogen-bond acceptors (Lipinski definition) is 8. The van der Waals surface area contributed by atoms with Gasteiger partial charge in [-0.05, 0) is 11.6 Å². The predicted molar refractivity (Wildman–Crippen MR) is 94.2 cm³/mol. The second kappa shape index (κ2) is 6.17. The van der Waals surface area contributed by atoms with E-state index in [9.17, 15) is 4.79 Å². The molecule has 0 aliphatic carbocycles. The molecule has 24 heavy (non-hydrogen) atoms. The lowest BCUT2D eigenvalue weighted by Crippen LogP contribution is -2.46. The Kier molecular flexibility index (Phi) is 3.87. The van der Waals surface area contributed by atoms with E-state index in [4.69, 9.17) is 5.73 Å². The predicted octanol–water partition coefficient (Wildman–Crippen LogP) is 0.679. The summed E-state index contributed by atoms with van der Waals surface area (Å²) in [6.45, 7) is 4.24. The number of nitrogens with two attached hydrogens (primary N) is 1. The first kappa shape index (κ1) is 15.0. The molecule has 0 unspecified atom stereocenters. The normalized spacial score (nSPS) is 15.9. The third kappa shape index (κ3) is 2.95. The van der Waals surface area contributed by atoms with Crippen molar-refractivity contribution in [1.82, 2.24) is 23.6 Å². The largest absolute Gasteiger partial charge is 0.369 e. The first-order valence-electron chi connectivity index (χ1n) is 7.73. The van der Waals surface area contributed by atoms with Crippen LogP contribution < -0.4 is 16.2 Å². The maximum Gasteiger partial charge on any atom is 0.254 e. The molecule has 1 aromatic carbocycles. The van der Waals surface area contributed by atoms with Crippen LogP contribution in [0.5, 0.6) is 0 Å². The van der Waals surface area contributed by atoms with Crippen LogP contribution in [0.1, 0.15) is 5.56 Å². The number of rotatable bonds is 3. The molecule has 0 saturated carbocycles. The van der Waals surface area contributed by atoms with Gasteiger partial charge in [0.05, 0.1) is 11.7 Å². The van der Waals surface area contributed by atoms with Gasteiger partial charge < -0.3 is 10.6 Å². The maximum absolute atomic E-state index is 11.5. The number of benzene rings is 1. The van der Waals surface area contributed by atoms with Crippen molar-refractivity contribution in [3.8, 4) is 0 Å². The highest BCUT2D eigenvalue weighted by Crippen LogP contribution is 2.19. The number of nitrogen functional groups attached to an aromatic ring is 1. The number of aromatic nitrogens is 4. The van der Waals surface area contributed by atoms with Crippen LogP contribution >= 0.6 is 11.7 Å². The Morgan fingerprint density at radius 3 is 2.83 bits per heavy atom. The third-order valence-electron chi connectivity index (χ3n) is 4.21. The number of hydrogen-bond donors (Lipinski definition) is 2. The lowest BCUT2D eigenvalue weighted by Gasteiger charge is -2.35. The molecular weight excluding hydrogens is 326 g/mol. The molecule has 9 heteroatoms. The fourth-order valence-electron chi connectivity index (χ4n) is 2.99. The van der Waals surface area contributed by atoms with Gasteiger partial charge in [0.2, 0.25) is 5.95 Å². The molecular formula is C15H17N7OS. The van der Waals surface area contributed by atoms with E-state index in [-0.39, 0.29) is 11.5 Å². The number of nitrogens with zero attached hydrogens (tertiary/aromatic N) is 5. The minimum atomic E-state index is -0.220. The number of nitrogens with one attached hydrogen (secondary N) is 1. The minimum Gasteiger partial charge on any atom is -0.369 e. The molecule has 3 aromatic rings. The first-order chi connectivity index (χ1) is 11.7. The molecule has 0 amide bonds. The van der Waals surface area contributed by atoms with Gasteiger partial charge in [0, 0.05) is 38.8 Å². The van der Waals surface area contributed by atoms with Gasteiger partial charge in [0.25, 0.3) is 5.56 Å². The van der Waals surface area contributed by atoms with Crippen LogP contribution in [-0.2, 0) is 6.54 Å². The zero-order chi connectivity index (χ0) is 16.5. The molecule has 124 valence electrons. The molecule has 1 aliphatic rings. The van der Waals surface area contributed by atoms with Crippen molar-refractivity contribution in [1.29, 1.82) is 0 Å². The van der Waals surface area contributed by atoms with E-state index < -0.39 is 0 Å². The minimum absolute atomic E-state index is 0.155. The average molecular weight is 343 g/mol. The Morgan fingerprint density at radius 1 is 1.21 bits per heavy atom. The summed E-state index contributed by atoms with van der Waals surface area (Å²) in [5.74, 6) is 0.796. The SMILES string of the molecule is Nc1nc(N2CCN(Cc3cccc4nsnc34)CC2)cc(=O)[nH]1. The molecule has 0 spiro atoms. The van der Waals surface area contributed by atoms with Crippen LogP contribution in [0.4, 0.5) is 11.8 Å². The maximum atomic E-state index is 11.5. The van der Waals surface area contributed by atoms with Crippen molar-refractivity contribution < 1.29 is 0 Å². The van der Waals surface area contributed by atoms with E-state index in [0.717, 1.165) is 43.8 Å². The second-order valence-corrected chi connectivity index (χ2v) is 6.33. The molecule has 0 radical (unpaired) electrons. The van der Waals surface area contributed by atoms with Crippen molar-refractivity contribution in [2.45, 2.75) is 6.54 Å². The summed E-state index contributed by atoms with van der Waals surface area (Å²) in [6, 6.07) is 7.62. The average Bonchev–Trinajstić information content (AvgIpc) is 3.04. The van der Waals surface area contributed by atoms with E-state index in [2.05, 4.69) is 34.6 Å². The van der Waals surface area contributed by atoms with E-state index in [1.807, 2.05) is 12.1 Å². The number of piperazine rings is 1. The van der Waals surface area contributed by atoms with Crippen molar-refractivity contribution >= 4 is 34.5 Å². The smallest absolute Gasteiger partial charge is 0.254 e. The van der Waals surface area contributed by atoms with Crippen molar-refractivity contribution in [2.75, 3.05) is 36.8 Å². The molecule has 3 N–H and O–H groups in total. The summed E-state index contributed by atoms with van der Waals surface area (Å²) in [4.78, 5) is 22.7. The Hall–Kier alpha value is -2.52. The van der Waals surface area contributed by atoms with Crippen molar-refractivity contribution in [3.63, 3.8) is 0 Å². The fraction of sp³-hybridized carbons (Fsp3) is 0.333. The van der Waals surface area contributed by atoms with Crippen molar-refractivity contribution in [2.24, 2.45) is 0 Å². The fourth-order valence-corrected chi connectivity index (χ4v) is 3.56. The number of aromatic amines is 1. The zero-order valence-electron chi connectivity index (χ0n) is 13.0. The van der Waals surface area contributed by atoms with Crippen molar-refractivity contribution in [3.05, 3.63) is 40.2 Å². The summed E-state index contributed by atoms with van der Waals surface area (Å²) in [6.07, 6.45) is 0. The van der Waals surface area contributed by atoms with Crippen LogP contribution in [0, 0.1) is 0 Å². The number of H-pyrrole nitrogens is 1. The van der Waals surface area contributed by atoms with Gasteiger partial charge in [-0.1, -0.05) is 12.1 Å². The van der Waals surface area contributed by atoms with Gasteiger partial charge in [-0.3, -0.25) is 14.7 Å². The summed E-state index contributed by atoms with van der Waals surface area (Å²) >= 11 is 1.25. The Labute approximate surface area is 142 Å². The lowest BCUT2D eigenvalue weighted by atomic mass is 10.1. The van der Waals surface area contributed by atoms with Crippen LogP contribution in [0.3, 0.4) is 0 Å². The number of anilines is 2. The van der Waals surface area contributed by atoms with Gasteiger partial charge in [-0.25, -0.2) is 0 Å². The van der Waals surface area contributed by atoms with E-state index >= 15 is 0 Å². The Bertz CT molecular complexity index is 913. The second-order valence-electron chi connectivity index (χ2n) is 5.80. The van der Waals surface area contributed by atoms with Gasteiger partial charge >= 0.3 is 0 Å². The van der Waals surface area contributed by atoms with Crippen LogP contribution in [-0.4, -0.2) is 49.8 Å². The van der Waals surface area contributed by atoms with Gasteiger partial charge in [-0.2, -0.15) is 13.7 Å². The molecule has 1 saturated heterocycles. The highest BCUT2D eigenvalue weighted by Gasteiger charge is 2.19. The molecule has 1 fully saturated rings. The summed E-state index contributed by atoms with van der Waals surface area (Å²) in [7, 11) is 0. The van der Waals surface area contributed by atoms with E-state index in [0.29, 0.717) is 5.82 Å². The van der Waals surface area contributed by atoms with Gasteiger partial charge in [0.1, 0.15) is 16.9 Å². The molecule has 1 aliphatic heterocycles. The molecule has 4 rings (SSSR count). The van der Waals surface area contributed by atoms with E-state index in [1.54, 1.807) is 0 Å². The Morgan fingerprint density at radius 2 is 2.04 bits per heavy atom. The summed E-state index contributed by atoms with van der Waals surface area (Å²) in [5, 5.41) is 0. The first-order valence-corrected chi connectivity index (χ1v) is 8.46. The molecule has 3 heterocycles. The van der Waals surface area contributed by atoms with Crippen LogP contribution in [0.2, 0.25) is 0 Å². The molecule has 0 atom stereocenters. The van der Waals surface area contributed by atoms with Crippen LogP contribution in [0.15, 0.2) is 29.1 Å². The summed E-state index contributed by atoms with van der Waals surface area (Å²) in [5.41, 5.74) is 8.56. The monoisotopic (exact) mass is 343 g/mol. The van der Waals surface area contributed by atoms with E-state index in [1.165, 1.54) is 23.4 Å². The van der Waals surface area contributed by atoms with Gasteiger partial charge in [0.15, 0.2) is 0 Å².